The minimum Gasteiger partial charge on any atom is -0.456 e. The molecule has 5 nitrogen and oxygen atoms in total. The molecule has 1 aliphatic rings. The Bertz CT molecular complexity index is 942. The van der Waals surface area contributed by atoms with Gasteiger partial charge >= 0.3 is 0 Å². The monoisotopic (exact) mass is 438 g/mol. The van der Waals surface area contributed by atoms with Crippen LogP contribution in [0.15, 0.2) is 53.9 Å². The van der Waals surface area contributed by atoms with Crippen LogP contribution >= 0.6 is 24.2 Å². The van der Waals surface area contributed by atoms with Crippen molar-refractivity contribution in [1.29, 1.82) is 5.26 Å². The normalized spacial score (nSPS) is 14.1. The summed E-state index contributed by atoms with van der Waals surface area (Å²) in [5.74, 6) is 1.57. The van der Waals surface area contributed by atoms with E-state index in [-0.39, 0.29) is 0 Å². The Hall–Kier alpha value is -2.53. The van der Waals surface area contributed by atoms with Crippen molar-refractivity contribution in [1.82, 2.24) is 14.5 Å². The maximum atomic E-state index is 9.34. The molecule has 0 saturated carbocycles. The molecule has 30 heavy (non-hydrogen) atoms. The SMILES string of the molecule is C=CCNC(=S)N1CCN(Sc2cc(C#N)ccc2Oc2cc(C)cc(C)c2)CC1. The summed E-state index contributed by atoms with van der Waals surface area (Å²) in [6.45, 7) is 11.9. The zero-order valence-electron chi connectivity index (χ0n) is 17.4. The molecular weight excluding hydrogens is 412 g/mol. The number of nitrogens with zero attached hydrogens (tertiary/aromatic N) is 3. The van der Waals surface area contributed by atoms with Crippen molar-refractivity contribution in [3.63, 3.8) is 0 Å². The third-order valence-electron chi connectivity index (χ3n) is 4.65. The van der Waals surface area contributed by atoms with E-state index in [1.165, 1.54) is 0 Å². The van der Waals surface area contributed by atoms with Crippen LogP contribution in [0, 0.1) is 25.2 Å². The van der Waals surface area contributed by atoms with Crippen molar-refractivity contribution in [2.24, 2.45) is 0 Å². The number of ether oxygens (including phenoxy) is 1. The quantitative estimate of drug-likeness (QED) is 0.400. The number of thiocarbonyl (C=S) groups is 1. The Morgan fingerprint density at radius 2 is 1.90 bits per heavy atom. The Labute approximate surface area is 188 Å². The van der Waals surface area contributed by atoms with E-state index in [1.54, 1.807) is 24.1 Å². The van der Waals surface area contributed by atoms with Gasteiger partial charge in [0.25, 0.3) is 0 Å². The molecule has 0 aromatic heterocycles. The zero-order valence-corrected chi connectivity index (χ0v) is 19.0. The average Bonchev–Trinajstić information content (AvgIpc) is 2.73. The molecule has 156 valence electrons. The van der Waals surface area contributed by atoms with Crippen LogP contribution in [0.3, 0.4) is 0 Å². The molecule has 2 aromatic carbocycles. The second-order valence-corrected chi connectivity index (χ2v) is 8.71. The summed E-state index contributed by atoms with van der Waals surface area (Å²) in [6, 6.07) is 14.0. The number of nitrogens with one attached hydrogen (secondary N) is 1. The van der Waals surface area contributed by atoms with E-state index in [1.807, 2.05) is 24.3 Å². The van der Waals surface area contributed by atoms with Crippen molar-refractivity contribution in [3.8, 4) is 17.6 Å². The maximum Gasteiger partial charge on any atom is 0.169 e. The first-order valence-electron chi connectivity index (χ1n) is 9.85. The van der Waals surface area contributed by atoms with Crippen molar-refractivity contribution >= 4 is 29.3 Å². The van der Waals surface area contributed by atoms with Crippen LogP contribution in [0.4, 0.5) is 0 Å². The predicted octanol–water partition coefficient (Wildman–Crippen LogP) is 4.65. The zero-order chi connectivity index (χ0) is 21.5. The summed E-state index contributed by atoms with van der Waals surface area (Å²) in [4.78, 5) is 3.11. The highest BCUT2D eigenvalue weighted by Crippen LogP contribution is 2.36. The molecule has 0 radical (unpaired) electrons. The minimum atomic E-state index is 0.624. The number of nitriles is 1. The Kier molecular flexibility index (Phi) is 7.75. The maximum absolute atomic E-state index is 9.34. The molecule has 0 bridgehead atoms. The highest BCUT2D eigenvalue weighted by molar-refractivity contribution is 7.97. The van der Waals surface area contributed by atoms with Crippen LogP contribution in [-0.4, -0.2) is 47.0 Å². The Morgan fingerprint density at radius 1 is 1.20 bits per heavy atom. The van der Waals surface area contributed by atoms with Crippen molar-refractivity contribution in [2.45, 2.75) is 18.7 Å². The van der Waals surface area contributed by atoms with Gasteiger partial charge in [-0.25, -0.2) is 4.31 Å². The molecule has 1 saturated heterocycles. The molecule has 1 N–H and O–H groups in total. The number of hydrogen-bond acceptors (Lipinski definition) is 5. The third-order valence-corrected chi connectivity index (χ3v) is 6.19. The van der Waals surface area contributed by atoms with Crippen molar-refractivity contribution in [3.05, 3.63) is 65.7 Å². The molecule has 2 aromatic rings. The summed E-state index contributed by atoms with van der Waals surface area (Å²) < 4.78 is 8.50. The second kappa shape index (κ2) is 10.5. The highest BCUT2D eigenvalue weighted by Gasteiger charge is 2.21. The van der Waals surface area contributed by atoms with Gasteiger partial charge in [-0.1, -0.05) is 12.1 Å². The van der Waals surface area contributed by atoms with Crippen LogP contribution in [0.5, 0.6) is 11.5 Å². The van der Waals surface area contributed by atoms with Gasteiger partial charge in [0.15, 0.2) is 5.11 Å². The summed E-state index contributed by atoms with van der Waals surface area (Å²) in [7, 11) is 0. The molecule has 0 amide bonds. The van der Waals surface area contributed by atoms with Gasteiger partial charge in [0.2, 0.25) is 0 Å². The van der Waals surface area contributed by atoms with Crippen LogP contribution < -0.4 is 10.1 Å². The molecule has 7 heteroatoms. The average molecular weight is 439 g/mol. The van der Waals surface area contributed by atoms with Gasteiger partial charge in [0.05, 0.1) is 16.5 Å². The summed E-state index contributed by atoms with van der Waals surface area (Å²) in [5, 5.41) is 13.3. The van der Waals surface area contributed by atoms with E-state index in [4.69, 9.17) is 17.0 Å². The number of benzene rings is 2. The summed E-state index contributed by atoms with van der Waals surface area (Å²) in [6.07, 6.45) is 1.80. The second-order valence-electron chi connectivity index (χ2n) is 7.18. The molecule has 1 fully saturated rings. The van der Waals surface area contributed by atoms with E-state index in [9.17, 15) is 5.26 Å². The van der Waals surface area contributed by atoms with E-state index >= 15 is 0 Å². The standard InChI is InChI=1S/C23H26N4OS2/c1-4-7-25-23(29)26-8-10-27(11-9-26)30-22-15-19(16-24)5-6-21(22)28-20-13-17(2)12-18(3)14-20/h4-6,12-15H,1,7-11H2,2-3H3,(H,25,29). The largest absolute Gasteiger partial charge is 0.456 e. The molecule has 0 spiro atoms. The van der Waals surface area contributed by atoms with Crippen molar-refractivity contribution < 1.29 is 4.74 Å². The van der Waals surface area contributed by atoms with E-state index in [2.05, 4.69) is 47.1 Å². The first-order valence-corrected chi connectivity index (χ1v) is 11.0. The molecule has 0 unspecified atom stereocenters. The van der Waals surface area contributed by atoms with Gasteiger partial charge in [0, 0.05) is 32.7 Å². The van der Waals surface area contributed by atoms with Gasteiger partial charge in [-0.05, 0) is 79.5 Å². The fourth-order valence-electron chi connectivity index (χ4n) is 3.24. The van der Waals surface area contributed by atoms with Crippen LogP contribution in [0.25, 0.3) is 0 Å². The lowest BCUT2D eigenvalue weighted by molar-refractivity contribution is 0.280. The molecule has 1 heterocycles. The van der Waals surface area contributed by atoms with Crippen LogP contribution in [0.1, 0.15) is 16.7 Å². The lowest BCUT2D eigenvalue weighted by atomic mass is 10.1. The first-order chi connectivity index (χ1) is 14.5. The fourth-order valence-corrected chi connectivity index (χ4v) is 4.51. The van der Waals surface area contributed by atoms with Gasteiger partial charge in [0.1, 0.15) is 11.5 Å². The molecule has 3 rings (SSSR count). The number of aryl methyl sites for hydroxylation is 2. The number of hydrogen-bond donors (Lipinski definition) is 1. The predicted molar refractivity (Wildman–Crippen MR) is 127 cm³/mol. The van der Waals surface area contributed by atoms with Gasteiger partial charge in [-0.2, -0.15) is 5.26 Å². The Balaban J connectivity index is 1.70. The first kappa shape index (κ1) is 22.2. The molecule has 1 aliphatic heterocycles. The van der Waals surface area contributed by atoms with Crippen LogP contribution in [0.2, 0.25) is 0 Å². The number of piperazine rings is 1. The molecule has 0 atom stereocenters. The smallest absolute Gasteiger partial charge is 0.169 e. The van der Waals surface area contributed by atoms with Crippen LogP contribution in [-0.2, 0) is 0 Å². The fraction of sp³-hybridized carbons (Fsp3) is 0.304. The topological polar surface area (TPSA) is 51.5 Å². The molecule has 0 aliphatic carbocycles. The third kappa shape index (κ3) is 5.99. The van der Waals surface area contributed by atoms with E-state index < -0.39 is 0 Å². The van der Waals surface area contributed by atoms with Gasteiger partial charge in [-0.3, -0.25) is 0 Å². The minimum absolute atomic E-state index is 0.624. The van der Waals surface area contributed by atoms with Crippen molar-refractivity contribution in [2.75, 3.05) is 32.7 Å². The van der Waals surface area contributed by atoms with Gasteiger partial charge < -0.3 is 15.0 Å². The van der Waals surface area contributed by atoms with E-state index in [0.29, 0.717) is 12.1 Å². The summed E-state index contributed by atoms with van der Waals surface area (Å²) >= 11 is 7.07. The summed E-state index contributed by atoms with van der Waals surface area (Å²) in [5.41, 5.74) is 2.94. The highest BCUT2D eigenvalue weighted by atomic mass is 32.2. The lowest BCUT2D eigenvalue weighted by Crippen LogP contribution is -2.49. The Morgan fingerprint density at radius 3 is 2.53 bits per heavy atom. The lowest BCUT2D eigenvalue weighted by Gasteiger charge is -2.35. The van der Waals surface area contributed by atoms with Gasteiger partial charge in [-0.15, -0.1) is 6.58 Å². The molecular formula is C23H26N4OS2. The number of rotatable bonds is 6. The van der Waals surface area contributed by atoms with E-state index in [0.717, 1.165) is 58.8 Å².